The first-order valence-corrected chi connectivity index (χ1v) is 1.68. The Hall–Kier alpha value is -1.30. The van der Waals surface area contributed by atoms with Crippen LogP contribution in [0.25, 0.3) is 0 Å². The van der Waals surface area contributed by atoms with Gasteiger partial charge >= 0.3 is 0 Å². The van der Waals surface area contributed by atoms with Crippen LogP contribution in [0.3, 0.4) is 0 Å². The topological polar surface area (TPSA) is 73.7 Å². The molecule has 0 aromatic carbocycles. The maximum absolute atomic E-state index is 7.88. The molecule has 0 spiro atoms. The molecular weight excluding hydrogens is 90.1 g/mol. The van der Waals surface area contributed by atoms with Crippen molar-refractivity contribution in [3.05, 3.63) is 12.3 Å². The molecule has 0 aromatic heterocycles. The van der Waals surface area contributed by atoms with Crippen molar-refractivity contribution in [2.45, 2.75) is 0 Å². The largest absolute Gasteiger partial charge is 0.405 e. The molecule has 0 atom stereocenters. The molecule has 0 aliphatic rings. The number of nitrogens with zero attached hydrogens (tertiary/aromatic N) is 1. The highest BCUT2D eigenvalue weighted by Gasteiger charge is 1.77. The van der Waals surface area contributed by atoms with Crippen molar-refractivity contribution < 1.29 is 0 Å². The molecule has 0 heterocycles. The minimum absolute atomic E-state index is 0.123. The van der Waals surface area contributed by atoms with Crippen molar-refractivity contribution in [1.29, 1.82) is 10.7 Å². The van der Waals surface area contributed by atoms with Gasteiger partial charge in [0, 0.05) is 0 Å². The van der Waals surface area contributed by atoms with Crippen molar-refractivity contribution in [3.8, 4) is 6.07 Å². The third-order valence-electron chi connectivity index (χ3n) is 0.383. The lowest BCUT2D eigenvalue weighted by Gasteiger charge is -1.70. The van der Waals surface area contributed by atoms with Gasteiger partial charge in [-0.1, -0.05) is 0 Å². The Kier molecular flexibility index (Phi) is 2.37. The molecule has 0 aliphatic heterocycles. The van der Waals surface area contributed by atoms with E-state index in [0.29, 0.717) is 0 Å². The van der Waals surface area contributed by atoms with Crippen LogP contribution in [0.2, 0.25) is 0 Å². The molecule has 0 aliphatic carbocycles. The number of nitrogens with two attached hydrogens (primary N) is 1. The molecule has 7 heavy (non-hydrogen) atoms. The van der Waals surface area contributed by atoms with Crippen molar-refractivity contribution in [2.75, 3.05) is 0 Å². The van der Waals surface area contributed by atoms with Crippen molar-refractivity contribution in [3.63, 3.8) is 0 Å². The second-order valence-corrected chi connectivity index (χ2v) is 0.885. The van der Waals surface area contributed by atoms with E-state index in [1.807, 2.05) is 0 Å². The van der Waals surface area contributed by atoms with E-state index < -0.39 is 0 Å². The van der Waals surface area contributed by atoms with Crippen LogP contribution in [0.15, 0.2) is 12.3 Å². The van der Waals surface area contributed by atoms with Gasteiger partial charge in [-0.05, 0) is 12.3 Å². The molecule has 0 rings (SSSR count). The van der Waals surface area contributed by atoms with Crippen LogP contribution in [0.1, 0.15) is 0 Å². The molecule has 0 saturated heterocycles. The van der Waals surface area contributed by atoms with Crippen molar-refractivity contribution in [1.82, 2.24) is 0 Å². The quantitative estimate of drug-likeness (QED) is 0.450. The highest BCUT2D eigenvalue weighted by atomic mass is 14.5. The fraction of sp³-hybridized carbons (Fsp3) is 0. The number of allylic oxidation sites excluding steroid dienone is 1. The first-order valence-electron chi connectivity index (χ1n) is 1.68. The molecule has 36 valence electrons. The highest BCUT2D eigenvalue weighted by molar-refractivity contribution is 6.04. The van der Waals surface area contributed by atoms with E-state index in [0.717, 1.165) is 6.20 Å². The van der Waals surface area contributed by atoms with Crippen LogP contribution < -0.4 is 5.73 Å². The van der Waals surface area contributed by atoms with Gasteiger partial charge < -0.3 is 5.73 Å². The number of nitrogens with one attached hydrogen (secondary N) is 1. The zero-order valence-corrected chi connectivity index (χ0v) is 3.68. The van der Waals surface area contributed by atoms with Gasteiger partial charge in [-0.15, -0.1) is 0 Å². The number of hydrogen-bond donors (Lipinski definition) is 2. The van der Waals surface area contributed by atoms with E-state index in [-0.39, 0.29) is 5.71 Å². The van der Waals surface area contributed by atoms with Gasteiger partial charge in [0.15, 0.2) is 0 Å². The first kappa shape index (κ1) is 5.70. The minimum atomic E-state index is -0.123. The smallest absolute Gasteiger partial charge is 0.133 e. The molecule has 0 amide bonds. The Morgan fingerprint density at radius 1 is 1.86 bits per heavy atom. The summed E-state index contributed by atoms with van der Waals surface area (Å²) >= 11 is 0. The zero-order valence-electron chi connectivity index (χ0n) is 3.68. The minimum Gasteiger partial charge on any atom is -0.405 e. The SMILES string of the molecule is N#CC(=N)/C=C\N. The summed E-state index contributed by atoms with van der Waals surface area (Å²) in [6.07, 6.45) is 2.38. The van der Waals surface area contributed by atoms with Crippen LogP contribution >= 0.6 is 0 Å². The van der Waals surface area contributed by atoms with Crippen molar-refractivity contribution >= 4 is 5.71 Å². The van der Waals surface area contributed by atoms with Crippen LogP contribution in [0.4, 0.5) is 0 Å². The molecule has 0 fully saturated rings. The fourth-order valence-electron chi connectivity index (χ4n) is 0.133. The van der Waals surface area contributed by atoms with E-state index in [4.69, 9.17) is 16.4 Å². The molecular formula is C4H5N3. The summed E-state index contributed by atoms with van der Waals surface area (Å²) in [7, 11) is 0. The molecule has 3 heteroatoms. The third kappa shape index (κ3) is 2.50. The third-order valence-corrected chi connectivity index (χ3v) is 0.383. The second kappa shape index (κ2) is 2.91. The zero-order chi connectivity index (χ0) is 5.70. The highest BCUT2D eigenvalue weighted by Crippen LogP contribution is 1.66. The number of nitriles is 1. The average molecular weight is 95.1 g/mol. The average Bonchev–Trinajstić information content (AvgIpc) is 1.68. The van der Waals surface area contributed by atoms with Crippen LogP contribution in [-0.4, -0.2) is 5.71 Å². The molecule has 0 saturated carbocycles. The molecule has 0 aromatic rings. The number of rotatable bonds is 1. The van der Waals surface area contributed by atoms with E-state index in [1.165, 1.54) is 6.08 Å². The predicted octanol–water partition coefficient (Wildman–Crippen LogP) is 0.00215. The van der Waals surface area contributed by atoms with Gasteiger partial charge in [-0.25, -0.2) is 0 Å². The lowest BCUT2D eigenvalue weighted by atomic mass is 10.4. The Morgan fingerprint density at radius 2 is 2.43 bits per heavy atom. The van der Waals surface area contributed by atoms with Gasteiger partial charge in [-0.3, -0.25) is 5.41 Å². The van der Waals surface area contributed by atoms with Crippen molar-refractivity contribution in [2.24, 2.45) is 5.73 Å². The summed E-state index contributed by atoms with van der Waals surface area (Å²) in [6, 6.07) is 1.58. The lowest BCUT2D eigenvalue weighted by molar-refractivity contribution is 1.48. The molecule has 3 N–H and O–H groups in total. The Morgan fingerprint density at radius 3 is 2.57 bits per heavy atom. The van der Waals surface area contributed by atoms with Gasteiger partial charge in [0.25, 0.3) is 0 Å². The van der Waals surface area contributed by atoms with E-state index in [1.54, 1.807) is 6.07 Å². The Bertz CT molecular complexity index is 128. The van der Waals surface area contributed by atoms with E-state index in [2.05, 4.69) is 0 Å². The molecule has 0 bridgehead atoms. The van der Waals surface area contributed by atoms with Gasteiger partial charge in [0.2, 0.25) is 0 Å². The maximum Gasteiger partial charge on any atom is 0.133 e. The molecule has 0 unspecified atom stereocenters. The van der Waals surface area contributed by atoms with E-state index in [9.17, 15) is 0 Å². The standard InChI is InChI=1S/C4H5N3/c5-2-1-4(7)3-6/h1-2,7H,5H2/b2-1-,7-4?. The van der Waals surface area contributed by atoms with Crippen LogP contribution in [-0.2, 0) is 0 Å². The van der Waals surface area contributed by atoms with Gasteiger partial charge in [0.1, 0.15) is 11.8 Å². The summed E-state index contributed by atoms with van der Waals surface area (Å²) in [5.74, 6) is 0. The second-order valence-electron chi connectivity index (χ2n) is 0.885. The summed E-state index contributed by atoms with van der Waals surface area (Å²) in [5, 5.41) is 14.5. The van der Waals surface area contributed by atoms with Crippen LogP contribution in [0, 0.1) is 16.7 Å². The Labute approximate surface area is 41.6 Å². The predicted molar refractivity (Wildman–Crippen MR) is 26.7 cm³/mol. The summed E-state index contributed by atoms with van der Waals surface area (Å²) in [5.41, 5.74) is 4.71. The maximum atomic E-state index is 7.88. The molecule has 0 radical (unpaired) electrons. The van der Waals surface area contributed by atoms with E-state index >= 15 is 0 Å². The van der Waals surface area contributed by atoms with Gasteiger partial charge in [-0.2, -0.15) is 5.26 Å². The first-order chi connectivity index (χ1) is 3.31. The fourth-order valence-corrected chi connectivity index (χ4v) is 0.133. The summed E-state index contributed by atoms with van der Waals surface area (Å²) in [4.78, 5) is 0. The van der Waals surface area contributed by atoms with Gasteiger partial charge in [0.05, 0.1) is 0 Å². The normalized spacial score (nSPS) is 8.43. The number of hydrogen-bond acceptors (Lipinski definition) is 3. The molecule has 3 nitrogen and oxygen atoms in total. The lowest BCUT2D eigenvalue weighted by Crippen LogP contribution is -1.85. The summed E-state index contributed by atoms with van der Waals surface area (Å²) < 4.78 is 0. The Balaban J connectivity index is 3.66. The monoisotopic (exact) mass is 95.0 g/mol. The summed E-state index contributed by atoms with van der Waals surface area (Å²) in [6.45, 7) is 0. The van der Waals surface area contributed by atoms with Crippen LogP contribution in [0.5, 0.6) is 0 Å².